The van der Waals surface area contributed by atoms with Crippen LogP contribution in [0.5, 0.6) is 0 Å². The average Bonchev–Trinajstić information content (AvgIpc) is 2.99. The quantitative estimate of drug-likeness (QED) is 0.861. The zero-order valence-corrected chi connectivity index (χ0v) is 13.6. The van der Waals surface area contributed by atoms with E-state index in [4.69, 9.17) is 23.2 Å². The molecule has 0 spiro atoms. The van der Waals surface area contributed by atoms with Crippen molar-refractivity contribution in [2.45, 2.75) is 38.1 Å². The van der Waals surface area contributed by atoms with Crippen LogP contribution in [0, 0.1) is 0 Å². The second-order valence-electron chi connectivity index (χ2n) is 5.51. The molecule has 2 aromatic rings. The van der Waals surface area contributed by atoms with E-state index in [1.165, 1.54) is 19.3 Å². The Morgan fingerprint density at radius 3 is 2.73 bits per heavy atom. The van der Waals surface area contributed by atoms with E-state index in [0.29, 0.717) is 22.4 Å². The van der Waals surface area contributed by atoms with E-state index in [0.717, 1.165) is 12.8 Å². The van der Waals surface area contributed by atoms with Crippen molar-refractivity contribution >= 4 is 34.9 Å². The highest BCUT2D eigenvalue weighted by molar-refractivity contribution is 6.44. The highest BCUT2D eigenvalue weighted by atomic mass is 35.5. The number of amides is 1. The van der Waals surface area contributed by atoms with Gasteiger partial charge in [0.15, 0.2) is 0 Å². The number of carbonyl (C=O) groups excluding carboxylic acids is 1. The van der Waals surface area contributed by atoms with E-state index < -0.39 is 0 Å². The zero-order chi connectivity index (χ0) is 15.5. The molecule has 4 nitrogen and oxygen atoms in total. The Morgan fingerprint density at radius 2 is 1.95 bits per heavy atom. The van der Waals surface area contributed by atoms with Crippen molar-refractivity contribution in [3.63, 3.8) is 0 Å². The largest absolute Gasteiger partial charge is 0.307 e. The van der Waals surface area contributed by atoms with Crippen molar-refractivity contribution in [3.8, 4) is 0 Å². The Morgan fingerprint density at radius 1 is 1.18 bits per heavy atom. The van der Waals surface area contributed by atoms with Gasteiger partial charge in [0, 0.05) is 6.07 Å². The minimum absolute atomic E-state index is 0.269. The first-order chi connectivity index (χ1) is 10.7. The van der Waals surface area contributed by atoms with Crippen LogP contribution in [-0.4, -0.2) is 15.7 Å². The van der Waals surface area contributed by atoms with Crippen molar-refractivity contribution in [2.75, 3.05) is 5.32 Å². The summed E-state index contributed by atoms with van der Waals surface area (Å²) in [5, 5.41) is 7.90. The average molecular weight is 338 g/mol. The summed E-state index contributed by atoms with van der Waals surface area (Å²) in [5.41, 5.74) is 0.366. The second-order valence-corrected chi connectivity index (χ2v) is 6.29. The molecule has 1 saturated carbocycles. The van der Waals surface area contributed by atoms with Crippen LogP contribution >= 0.6 is 23.2 Å². The van der Waals surface area contributed by atoms with Crippen molar-refractivity contribution in [1.29, 1.82) is 0 Å². The lowest BCUT2D eigenvalue weighted by Gasteiger charge is -2.24. The monoisotopic (exact) mass is 337 g/mol. The maximum absolute atomic E-state index is 12.4. The number of hydrogen-bond acceptors (Lipinski definition) is 2. The van der Waals surface area contributed by atoms with E-state index in [-0.39, 0.29) is 10.9 Å². The Kier molecular flexibility index (Phi) is 4.69. The first-order valence-electron chi connectivity index (χ1n) is 7.45. The summed E-state index contributed by atoms with van der Waals surface area (Å²) in [7, 11) is 0. The Bertz CT molecular complexity index is 678. The molecule has 22 heavy (non-hydrogen) atoms. The normalized spacial score (nSPS) is 15.7. The van der Waals surface area contributed by atoms with Crippen LogP contribution in [0.15, 0.2) is 30.5 Å². The van der Waals surface area contributed by atoms with Crippen LogP contribution in [0.4, 0.5) is 5.82 Å². The number of aromatic nitrogens is 2. The third kappa shape index (κ3) is 3.13. The van der Waals surface area contributed by atoms with Gasteiger partial charge in [0.2, 0.25) is 0 Å². The van der Waals surface area contributed by atoms with Gasteiger partial charge < -0.3 is 5.32 Å². The summed E-state index contributed by atoms with van der Waals surface area (Å²) < 4.78 is 1.91. The Labute approximate surface area is 139 Å². The summed E-state index contributed by atoms with van der Waals surface area (Å²) in [6, 6.07) is 7.19. The molecule has 0 bridgehead atoms. The van der Waals surface area contributed by atoms with Gasteiger partial charge >= 0.3 is 0 Å². The van der Waals surface area contributed by atoms with Crippen LogP contribution < -0.4 is 5.32 Å². The zero-order valence-electron chi connectivity index (χ0n) is 12.1. The van der Waals surface area contributed by atoms with Crippen molar-refractivity contribution in [3.05, 3.63) is 46.1 Å². The molecule has 1 N–H and O–H groups in total. The second kappa shape index (κ2) is 6.71. The SMILES string of the molecule is O=C(Nc1ccnn1C1CCCCC1)c1cccc(Cl)c1Cl. The lowest BCUT2D eigenvalue weighted by molar-refractivity contribution is 0.102. The van der Waals surface area contributed by atoms with Crippen molar-refractivity contribution in [2.24, 2.45) is 0 Å². The molecule has 1 aliphatic rings. The molecule has 1 aromatic carbocycles. The van der Waals surface area contributed by atoms with Crippen molar-refractivity contribution < 1.29 is 4.79 Å². The summed E-state index contributed by atoms with van der Waals surface area (Å²) in [5.74, 6) is 0.429. The highest BCUT2D eigenvalue weighted by Crippen LogP contribution is 2.31. The number of nitrogens with zero attached hydrogens (tertiary/aromatic N) is 2. The molecule has 0 saturated heterocycles. The van der Waals surface area contributed by atoms with Crippen LogP contribution in [0.25, 0.3) is 0 Å². The third-order valence-electron chi connectivity index (χ3n) is 4.03. The van der Waals surface area contributed by atoms with Gasteiger partial charge in [0.05, 0.1) is 27.8 Å². The minimum Gasteiger partial charge on any atom is -0.307 e. The predicted molar refractivity (Wildman–Crippen MR) is 88.8 cm³/mol. The van der Waals surface area contributed by atoms with Crippen molar-refractivity contribution in [1.82, 2.24) is 9.78 Å². The maximum atomic E-state index is 12.4. The molecule has 1 aliphatic carbocycles. The van der Waals surface area contributed by atoms with E-state index in [1.807, 2.05) is 10.7 Å². The lowest BCUT2D eigenvalue weighted by Crippen LogP contribution is -2.20. The van der Waals surface area contributed by atoms with Gasteiger partial charge in [-0.2, -0.15) is 5.10 Å². The molecule has 0 aliphatic heterocycles. The fraction of sp³-hybridized carbons (Fsp3) is 0.375. The highest BCUT2D eigenvalue weighted by Gasteiger charge is 2.20. The van der Waals surface area contributed by atoms with Gasteiger partial charge in [-0.15, -0.1) is 0 Å². The summed E-state index contributed by atoms with van der Waals surface area (Å²) in [6.45, 7) is 0. The summed E-state index contributed by atoms with van der Waals surface area (Å²) in [6.07, 6.45) is 7.60. The topological polar surface area (TPSA) is 46.9 Å². The summed E-state index contributed by atoms with van der Waals surface area (Å²) >= 11 is 12.1. The number of halogens is 2. The van der Waals surface area contributed by atoms with Gasteiger partial charge in [-0.05, 0) is 25.0 Å². The van der Waals surface area contributed by atoms with Crippen LogP contribution in [0.2, 0.25) is 10.0 Å². The molecule has 3 rings (SSSR count). The standard InChI is InChI=1S/C16H17Cl2N3O/c17-13-8-4-7-12(15(13)18)16(22)20-14-9-10-19-21(14)11-5-2-1-3-6-11/h4,7-11H,1-3,5-6H2,(H,20,22). The van der Waals surface area contributed by atoms with Gasteiger partial charge in [-0.1, -0.05) is 48.5 Å². The smallest absolute Gasteiger partial charge is 0.258 e. The molecule has 1 amide bonds. The number of rotatable bonds is 3. The molecule has 0 radical (unpaired) electrons. The molecule has 1 heterocycles. The predicted octanol–water partition coefficient (Wildman–Crippen LogP) is 4.95. The molecule has 1 fully saturated rings. The minimum atomic E-state index is -0.273. The lowest BCUT2D eigenvalue weighted by atomic mass is 9.96. The molecule has 0 atom stereocenters. The molecule has 116 valence electrons. The molecule has 6 heteroatoms. The number of hydrogen-bond donors (Lipinski definition) is 1. The van der Waals surface area contributed by atoms with E-state index in [9.17, 15) is 4.79 Å². The molecular weight excluding hydrogens is 321 g/mol. The molecular formula is C16H17Cl2N3O. The number of carbonyl (C=O) groups is 1. The summed E-state index contributed by atoms with van der Waals surface area (Å²) in [4.78, 5) is 12.4. The van der Waals surface area contributed by atoms with Crippen LogP contribution in [0.3, 0.4) is 0 Å². The first kappa shape index (κ1) is 15.4. The van der Waals surface area contributed by atoms with Gasteiger partial charge in [-0.25, -0.2) is 4.68 Å². The molecule has 1 aromatic heterocycles. The fourth-order valence-corrected chi connectivity index (χ4v) is 3.28. The first-order valence-corrected chi connectivity index (χ1v) is 8.21. The number of anilines is 1. The van der Waals surface area contributed by atoms with E-state index in [1.54, 1.807) is 24.4 Å². The number of nitrogens with one attached hydrogen (secondary N) is 1. The van der Waals surface area contributed by atoms with Crippen LogP contribution in [0.1, 0.15) is 48.5 Å². The van der Waals surface area contributed by atoms with Gasteiger partial charge in [-0.3, -0.25) is 4.79 Å². The van der Waals surface area contributed by atoms with Gasteiger partial charge in [0.1, 0.15) is 5.82 Å². The van der Waals surface area contributed by atoms with Crippen LogP contribution in [-0.2, 0) is 0 Å². The van der Waals surface area contributed by atoms with E-state index >= 15 is 0 Å². The van der Waals surface area contributed by atoms with Gasteiger partial charge in [0.25, 0.3) is 5.91 Å². The van der Waals surface area contributed by atoms with E-state index in [2.05, 4.69) is 10.4 Å². The fourth-order valence-electron chi connectivity index (χ4n) is 2.89. The Hall–Kier alpha value is -1.52. The Balaban J connectivity index is 1.80. The third-order valence-corrected chi connectivity index (χ3v) is 4.85. The number of benzene rings is 1. The molecule has 0 unspecified atom stereocenters. The maximum Gasteiger partial charge on any atom is 0.258 e.